The first-order chi connectivity index (χ1) is 9.27. The van der Waals surface area contributed by atoms with Gasteiger partial charge in [0.1, 0.15) is 0 Å². The predicted molar refractivity (Wildman–Crippen MR) is 83.2 cm³/mol. The quantitative estimate of drug-likeness (QED) is 0.227. The first-order valence-electron chi connectivity index (χ1n) is 8.31. The van der Waals surface area contributed by atoms with Crippen LogP contribution in [0.4, 0.5) is 0 Å². The van der Waals surface area contributed by atoms with E-state index in [0.717, 1.165) is 12.3 Å². The molecule has 0 saturated heterocycles. The summed E-state index contributed by atoms with van der Waals surface area (Å²) in [4.78, 5) is 13.4. The van der Waals surface area contributed by atoms with Crippen molar-refractivity contribution in [2.75, 3.05) is 6.54 Å². The molecule has 0 atom stereocenters. The smallest absolute Gasteiger partial charge is 0.211 e. The Morgan fingerprint density at radius 2 is 1.16 bits per heavy atom. The van der Waals surface area contributed by atoms with E-state index < -0.39 is 0 Å². The Bertz CT molecular complexity index is 219. The molecule has 0 spiro atoms. The second-order valence-electron chi connectivity index (χ2n) is 6.04. The number of rotatable bonds is 14. The maximum Gasteiger partial charge on any atom is 0.234 e. The summed E-state index contributed by atoms with van der Waals surface area (Å²) >= 11 is 0. The van der Waals surface area contributed by atoms with Crippen LogP contribution in [0.3, 0.4) is 0 Å². The molecular weight excluding hydrogens is 234 g/mol. The maximum absolute atomic E-state index is 9.85. The third-order valence-electron chi connectivity index (χ3n) is 3.62. The Labute approximate surface area is 120 Å². The van der Waals surface area contributed by atoms with Crippen LogP contribution in [0.1, 0.15) is 90.9 Å². The van der Waals surface area contributed by atoms with Crippen LogP contribution in [-0.2, 0) is 4.79 Å². The van der Waals surface area contributed by atoms with E-state index >= 15 is 0 Å². The average Bonchev–Trinajstić information content (AvgIpc) is 2.39. The molecule has 0 aliphatic heterocycles. The van der Waals surface area contributed by atoms with Crippen molar-refractivity contribution in [3.8, 4) is 0 Å². The number of aliphatic imine (C=N–C) groups is 1. The first kappa shape index (κ1) is 18.4. The molecule has 0 radical (unpaired) electrons. The highest BCUT2D eigenvalue weighted by Gasteiger charge is 1.95. The van der Waals surface area contributed by atoms with Crippen molar-refractivity contribution >= 4 is 6.08 Å². The molecule has 2 heteroatoms. The van der Waals surface area contributed by atoms with Crippen LogP contribution >= 0.6 is 0 Å². The molecule has 0 rings (SSSR count). The largest absolute Gasteiger partial charge is 0.234 e. The molecule has 0 aromatic rings. The molecule has 0 heterocycles. The molecule has 0 N–H and O–H groups in total. The SMILES string of the molecule is CC(C)CCCCCCCCCCCCCN=C=O. The minimum absolute atomic E-state index is 0.667. The second kappa shape index (κ2) is 15.4. The van der Waals surface area contributed by atoms with Crippen LogP contribution < -0.4 is 0 Å². The molecular formula is C17H33NO. The highest BCUT2D eigenvalue weighted by atomic mass is 16.1. The Hall–Kier alpha value is -0.620. The highest BCUT2D eigenvalue weighted by Crippen LogP contribution is 2.13. The fourth-order valence-corrected chi connectivity index (χ4v) is 2.38. The summed E-state index contributed by atoms with van der Waals surface area (Å²) in [5.74, 6) is 0.872. The lowest BCUT2D eigenvalue weighted by Gasteiger charge is -2.04. The summed E-state index contributed by atoms with van der Waals surface area (Å²) in [6.07, 6.45) is 17.8. The molecule has 19 heavy (non-hydrogen) atoms. The minimum atomic E-state index is 0.667. The van der Waals surface area contributed by atoms with Crippen molar-refractivity contribution in [1.29, 1.82) is 0 Å². The number of hydrogen-bond acceptors (Lipinski definition) is 2. The lowest BCUT2D eigenvalue weighted by atomic mass is 10.0. The van der Waals surface area contributed by atoms with E-state index in [4.69, 9.17) is 0 Å². The fraction of sp³-hybridized carbons (Fsp3) is 0.941. The number of hydrogen-bond donors (Lipinski definition) is 0. The van der Waals surface area contributed by atoms with Gasteiger partial charge in [-0.2, -0.15) is 0 Å². The van der Waals surface area contributed by atoms with E-state index in [2.05, 4.69) is 18.8 Å². The first-order valence-corrected chi connectivity index (χ1v) is 8.31. The van der Waals surface area contributed by atoms with Gasteiger partial charge in [0, 0.05) is 0 Å². The topological polar surface area (TPSA) is 29.4 Å². The van der Waals surface area contributed by atoms with Crippen LogP contribution in [0, 0.1) is 5.92 Å². The standard InChI is InChI=1S/C17H33NO/c1-17(2)14-12-10-8-6-4-3-5-7-9-11-13-15-18-16-19/h17H,3-15H2,1-2H3. The van der Waals surface area contributed by atoms with Gasteiger partial charge in [-0.1, -0.05) is 84.5 Å². The molecule has 0 amide bonds. The van der Waals surface area contributed by atoms with Crippen LogP contribution in [0.2, 0.25) is 0 Å². The number of unbranched alkanes of at least 4 members (excludes halogenated alkanes) is 10. The zero-order chi connectivity index (χ0) is 14.2. The molecule has 0 saturated carbocycles. The molecule has 0 aromatic heterocycles. The van der Waals surface area contributed by atoms with Gasteiger partial charge in [0.05, 0.1) is 6.54 Å². The van der Waals surface area contributed by atoms with Gasteiger partial charge in [-0.25, -0.2) is 9.79 Å². The van der Waals surface area contributed by atoms with Gasteiger partial charge in [0.2, 0.25) is 6.08 Å². The minimum Gasteiger partial charge on any atom is -0.211 e. The van der Waals surface area contributed by atoms with Gasteiger partial charge < -0.3 is 0 Å². The number of isocyanates is 1. The van der Waals surface area contributed by atoms with Crippen molar-refractivity contribution in [2.45, 2.75) is 90.9 Å². The monoisotopic (exact) mass is 267 g/mol. The van der Waals surface area contributed by atoms with Crippen LogP contribution in [0.25, 0.3) is 0 Å². The lowest BCUT2D eigenvalue weighted by molar-refractivity contribution is 0.504. The van der Waals surface area contributed by atoms with E-state index in [9.17, 15) is 4.79 Å². The summed E-state index contributed by atoms with van der Waals surface area (Å²) in [5, 5.41) is 0. The highest BCUT2D eigenvalue weighted by molar-refractivity contribution is 5.32. The van der Waals surface area contributed by atoms with Crippen molar-refractivity contribution in [3.05, 3.63) is 0 Å². The Morgan fingerprint density at radius 1 is 0.737 bits per heavy atom. The zero-order valence-electron chi connectivity index (χ0n) is 13.1. The molecule has 112 valence electrons. The third kappa shape index (κ3) is 17.4. The second-order valence-corrected chi connectivity index (χ2v) is 6.04. The zero-order valence-corrected chi connectivity index (χ0v) is 13.1. The summed E-state index contributed by atoms with van der Waals surface area (Å²) < 4.78 is 0. The average molecular weight is 267 g/mol. The Morgan fingerprint density at radius 3 is 1.58 bits per heavy atom. The maximum atomic E-state index is 9.85. The normalized spacial score (nSPS) is 10.7. The van der Waals surface area contributed by atoms with Gasteiger partial charge in [-0.15, -0.1) is 0 Å². The van der Waals surface area contributed by atoms with Gasteiger partial charge in [-0.3, -0.25) is 0 Å². The van der Waals surface area contributed by atoms with Crippen LogP contribution in [0.15, 0.2) is 4.99 Å². The Balaban J connectivity index is 2.97. The summed E-state index contributed by atoms with van der Waals surface area (Å²) in [6.45, 7) is 5.29. The van der Waals surface area contributed by atoms with E-state index in [0.29, 0.717) is 6.54 Å². The number of nitrogens with zero attached hydrogens (tertiary/aromatic N) is 1. The number of carbonyl (C=O) groups excluding carboxylic acids is 1. The van der Waals surface area contributed by atoms with E-state index in [1.807, 2.05) is 0 Å². The van der Waals surface area contributed by atoms with Crippen molar-refractivity contribution in [3.63, 3.8) is 0 Å². The lowest BCUT2D eigenvalue weighted by Crippen LogP contribution is -1.87. The molecule has 0 aliphatic carbocycles. The Kier molecular flexibility index (Phi) is 14.9. The molecule has 0 fully saturated rings. The molecule has 0 unspecified atom stereocenters. The molecule has 2 nitrogen and oxygen atoms in total. The van der Waals surface area contributed by atoms with Crippen molar-refractivity contribution in [1.82, 2.24) is 0 Å². The van der Waals surface area contributed by atoms with Gasteiger partial charge in [-0.05, 0) is 12.3 Å². The van der Waals surface area contributed by atoms with E-state index in [1.54, 1.807) is 6.08 Å². The van der Waals surface area contributed by atoms with Gasteiger partial charge in [0.15, 0.2) is 0 Å². The summed E-state index contributed by atoms with van der Waals surface area (Å²) in [6, 6.07) is 0. The summed E-state index contributed by atoms with van der Waals surface area (Å²) in [5.41, 5.74) is 0. The molecule has 0 bridgehead atoms. The predicted octanol–water partition coefficient (Wildman–Crippen LogP) is 5.66. The van der Waals surface area contributed by atoms with Crippen molar-refractivity contribution in [2.24, 2.45) is 10.9 Å². The summed E-state index contributed by atoms with van der Waals surface area (Å²) in [7, 11) is 0. The molecule has 0 aromatic carbocycles. The van der Waals surface area contributed by atoms with Crippen LogP contribution in [0.5, 0.6) is 0 Å². The molecule has 0 aliphatic rings. The van der Waals surface area contributed by atoms with Crippen molar-refractivity contribution < 1.29 is 4.79 Å². The fourth-order valence-electron chi connectivity index (χ4n) is 2.38. The van der Waals surface area contributed by atoms with Gasteiger partial charge >= 0.3 is 0 Å². The third-order valence-corrected chi connectivity index (χ3v) is 3.62. The van der Waals surface area contributed by atoms with Crippen LogP contribution in [-0.4, -0.2) is 12.6 Å². The van der Waals surface area contributed by atoms with E-state index in [-0.39, 0.29) is 0 Å². The van der Waals surface area contributed by atoms with Gasteiger partial charge in [0.25, 0.3) is 0 Å². The van der Waals surface area contributed by atoms with E-state index in [1.165, 1.54) is 70.6 Å².